The molecule has 0 amide bonds. The van der Waals surface area contributed by atoms with Gasteiger partial charge in [-0.25, -0.2) is 9.13 Å². The van der Waals surface area contributed by atoms with E-state index in [1.807, 2.05) is 0 Å². The maximum atomic E-state index is 13.0. The minimum Gasteiger partial charge on any atom is -0.462 e. The van der Waals surface area contributed by atoms with E-state index in [1.165, 1.54) is 141 Å². The van der Waals surface area contributed by atoms with Gasteiger partial charge < -0.3 is 33.8 Å². The molecule has 0 bridgehead atoms. The predicted molar refractivity (Wildman–Crippen MR) is 340 cm³/mol. The summed E-state index contributed by atoms with van der Waals surface area (Å²) in [4.78, 5) is 72.1. The minimum absolute atomic E-state index is 0.106. The van der Waals surface area contributed by atoms with Crippen LogP contribution in [0.25, 0.3) is 0 Å². The average Bonchev–Trinajstić information content (AvgIpc) is 3.62. The Morgan fingerprint density at radius 3 is 0.800 bits per heavy atom. The van der Waals surface area contributed by atoms with Crippen LogP contribution in [0.3, 0.4) is 0 Å². The molecule has 0 aromatic heterocycles. The Morgan fingerprint density at radius 2 is 0.541 bits per heavy atom. The Labute approximate surface area is 517 Å². The van der Waals surface area contributed by atoms with Crippen molar-refractivity contribution in [3.05, 3.63) is 0 Å². The Kier molecular flexibility index (Phi) is 57.1. The summed E-state index contributed by atoms with van der Waals surface area (Å²) in [6, 6.07) is 0. The van der Waals surface area contributed by atoms with Crippen LogP contribution in [-0.2, 0) is 65.4 Å². The van der Waals surface area contributed by atoms with Crippen molar-refractivity contribution in [2.24, 2.45) is 11.8 Å². The maximum Gasteiger partial charge on any atom is 0.472 e. The van der Waals surface area contributed by atoms with Crippen LogP contribution < -0.4 is 0 Å². The third kappa shape index (κ3) is 60.7. The lowest BCUT2D eigenvalue weighted by Gasteiger charge is -2.21. The molecule has 0 aliphatic rings. The number of aliphatic hydroxyl groups is 1. The second-order valence-corrected chi connectivity index (χ2v) is 27.7. The lowest BCUT2D eigenvalue weighted by molar-refractivity contribution is -0.161. The highest BCUT2D eigenvalue weighted by Gasteiger charge is 2.30. The van der Waals surface area contributed by atoms with E-state index in [9.17, 15) is 43.2 Å². The highest BCUT2D eigenvalue weighted by Crippen LogP contribution is 2.45. The van der Waals surface area contributed by atoms with Gasteiger partial charge in [0.1, 0.15) is 19.3 Å². The number of aliphatic hydroxyl groups excluding tert-OH is 1. The zero-order valence-corrected chi connectivity index (χ0v) is 56.7. The molecule has 0 aliphatic heterocycles. The SMILES string of the molecule is CCCCCCCCCCCCCC(=O)O[C@H](COC(=O)CCCCCCC)COP(=O)(O)OC[C@H](O)COP(=O)(O)OC[C@@H](COC(=O)CCCCCCCCCCCCCC(C)C)OC(=O)CCCCCCCCCCCCCCC(C)C. The summed E-state index contributed by atoms with van der Waals surface area (Å²) >= 11 is 0. The number of esters is 4. The summed E-state index contributed by atoms with van der Waals surface area (Å²) < 4.78 is 67.9. The van der Waals surface area contributed by atoms with Crippen LogP contribution in [0.1, 0.15) is 330 Å². The lowest BCUT2D eigenvalue weighted by Crippen LogP contribution is -2.30. The molecule has 0 aromatic rings. The van der Waals surface area contributed by atoms with E-state index in [4.69, 9.17) is 37.0 Å². The van der Waals surface area contributed by atoms with Gasteiger partial charge >= 0.3 is 39.5 Å². The van der Waals surface area contributed by atoms with Gasteiger partial charge in [-0.2, -0.15) is 0 Å². The molecule has 0 fully saturated rings. The number of phosphoric acid groups is 2. The molecular weight excluding hydrogens is 1130 g/mol. The molecule has 5 atom stereocenters. The molecule has 0 heterocycles. The Bertz CT molecular complexity index is 1670. The van der Waals surface area contributed by atoms with Crippen LogP contribution in [0.2, 0.25) is 0 Å². The number of hydrogen-bond donors (Lipinski definition) is 3. The van der Waals surface area contributed by atoms with Gasteiger partial charge in [-0.1, -0.05) is 279 Å². The van der Waals surface area contributed by atoms with E-state index >= 15 is 0 Å². The minimum atomic E-state index is -4.95. The zero-order valence-electron chi connectivity index (χ0n) is 54.9. The second-order valence-electron chi connectivity index (χ2n) is 24.8. The number of unbranched alkanes of at least 4 members (excludes halogenated alkanes) is 35. The first-order chi connectivity index (χ1) is 40.9. The van der Waals surface area contributed by atoms with Gasteiger partial charge in [0, 0.05) is 25.7 Å². The quantitative estimate of drug-likeness (QED) is 0.0222. The third-order valence-corrected chi connectivity index (χ3v) is 17.1. The topological polar surface area (TPSA) is 237 Å². The van der Waals surface area contributed by atoms with Gasteiger partial charge in [0.15, 0.2) is 12.2 Å². The standard InChI is InChI=1S/C66H128O17P2/c1-7-9-11-13-14-15-19-27-32-38-44-50-65(70)82-61(54-76-63(68)48-42-34-12-10-8-2)56-80-84(72,73)78-52-60(67)53-79-85(74,75)81-57-62(55-77-64(69)49-43-37-31-26-23-18-21-25-30-36-41-47-59(5)6)83-66(71)51-45-39-33-28-22-17-16-20-24-29-35-40-46-58(3)4/h58-62,67H,7-57H2,1-6H3,(H,72,73)(H,74,75)/t60-,61+,62+/m0/s1. The average molecular weight is 1260 g/mol. The van der Waals surface area contributed by atoms with Gasteiger partial charge in [-0.15, -0.1) is 0 Å². The molecule has 0 saturated carbocycles. The number of carbonyl (C=O) groups is 4. The van der Waals surface area contributed by atoms with Crippen molar-refractivity contribution in [3.63, 3.8) is 0 Å². The number of ether oxygens (including phenoxy) is 4. The van der Waals surface area contributed by atoms with E-state index in [2.05, 4.69) is 41.5 Å². The summed E-state index contributed by atoms with van der Waals surface area (Å²) in [6.07, 6.45) is 41.9. The van der Waals surface area contributed by atoms with Crippen LogP contribution in [0.4, 0.5) is 0 Å². The van der Waals surface area contributed by atoms with Crippen molar-refractivity contribution in [1.29, 1.82) is 0 Å². The van der Waals surface area contributed by atoms with E-state index < -0.39 is 97.5 Å². The summed E-state index contributed by atoms with van der Waals surface area (Å²) in [6.45, 7) is 9.44. The normalized spacial score (nSPS) is 14.2. The predicted octanol–water partition coefficient (Wildman–Crippen LogP) is 18.4. The smallest absolute Gasteiger partial charge is 0.462 e. The molecule has 504 valence electrons. The largest absolute Gasteiger partial charge is 0.472 e. The Morgan fingerprint density at radius 1 is 0.318 bits per heavy atom. The highest BCUT2D eigenvalue weighted by atomic mass is 31.2. The van der Waals surface area contributed by atoms with Crippen LogP contribution in [-0.4, -0.2) is 96.7 Å². The fraction of sp³-hybridized carbons (Fsp3) is 0.939. The van der Waals surface area contributed by atoms with Crippen molar-refractivity contribution in [1.82, 2.24) is 0 Å². The molecule has 2 unspecified atom stereocenters. The molecule has 0 saturated heterocycles. The first kappa shape index (κ1) is 83.1. The third-order valence-electron chi connectivity index (χ3n) is 15.2. The van der Waals surface area contributed by atoms with E-state index in [-0.39, 0.29) is 25.7 Å². The van der Waals surface area contributed by atoms with Crippen LogP contribution in [0.5, 0.6) is 0 Å². The van der Waals surface area contributed by atoms with Gasteiger partial charge in [0.05, 0.1) is 26.4 Å². The Hall–Kier alpha value is -1.94. The van der Waals surface area contributed by atoms with E-state index in [0.29, 0.717) is 25.7 Å². The van der Waals surface area contributed by atoms with Crippen LogP contribution in [0, 0.1) is 11.8 Å². The van der Waals surface area contributed by atoms with Gasteiger partial charge in [0.2, 0.25) is 0 Å². The molecule has 0 rings (SSSR count). The summed E-state index contributed by atoms with van der Waals surface area (Å²) in [5.41, 5.74) is 0. The summed E-state index contributed by atoms with van der Waals surface area (Å²) in [5, 5.41) is 10.5. The molecule has 19 heteroatoms. The number of phosphoric ester groups is 2. The molecule has 0 aromatic carbocycles. The Balaban J connectivity index is 5.18. The molecule has 17 nitrogen and oxygen atoms in total. The van der Waals surface area contributed by atoms with E-state index in [1.54, 1.807) is 0 Å². The highest BCUT2D eigenvalue weighted by molar-refractivity contribution is 7.47. The number of rotatable bonds is 65. The first-order valence-electron chi connectivity index (χ1n) is 34.5. The van der Waals surface area contributed by atoms with Crippen molar-refractivity contribution < 1.29 is 80.2 Å². The lowest BCUT2D eigenvalue weighted by atomic mass is 10.0. The zero-order chi connectivity index (χ0) is 62.9. The van der Waals surface area contributed by atoms with Crippen LogP contribution in [0.15, 0.2) is 0 Å². The van der Waals surface area contributed by atoms with Crippen molar-refractivity contribution in [3.8, 4) is 0 Å². The molecule has 0 radical (unpaired) electrons. The van der Waals surface area contributed by atoms with Gasteiger partial charge in [0.25, 0.3) is 0 Å². The molecule has 0 aliphatic carbocycles. The fourth-order valence-corrected chi connectivity index (χ4v) is 11.5. The second kappa shape index (κ2) is 58.4. The van der Waals surface area contributed by atoms with Gasteiger partial charge in [-0.05, 0) is 37.5 Å². The van der Waals surface area contributed by atoms with Crippen molar-refractivity contribution >= 4 is 39.5 Å². The molecule has 0 spiro atoms. The first-order valence-corrected chi connectivity index (χ1v) is 37.5. The van der Waals surface area contributed by atoms with Crippen molar-refractivity contribution in [2.75, 3.05) is 39.6 Å². The number of hydrogen-bond acceptors (Lipinski definition) is 15. The monoisotopic (exact) mass is 1250 g/mol. The molecular formula is C66H128O17P2. The molecule has 3 N–H and O–H groups in total. The summed E-state index contributed by atoms with van der Waals surface area (Å²) in [7, 11) is -9.88. The van der Waals surface area contributed by atoms with Crippen LogP contribution >= 0.6 is 15.6 Å². The molecule has 85 heavy (non-hydrogen) atoms. The van der Waals surface area contributed by atoms with Crippen molar-refractivity contribution in [2.45, 2.75) is 349 Å². The number of carbonyl (C=O) groups excluding carboxylic acids is 4. The summed E-state index contributed by atoms with van der Waals surface area (Å²) in [5.74, 6) is -0.592. The maximum absolute atomic E-state index is 13.0. The van der Waals surface area contributed by atoms with E-state index in [0.717, 1.165) is 108 Å². The fourth-order valence-electron chi connectivity index (χ4n) is 9.88. The van der Waals surface area contributed by atoms with Gasteiger partial charge in [-0.3, -0.25) is 37.3 Å².